The highest BCUT2D eigenvalue weighted by molar-refractivity contribution is 7.88. The molecule has 0 radical (unpaired) electrons. The van der Waals surface area contributed by atoms with Crippen molar-refractivity contribution in [1.82, 2.24) is 24.6 Å². The van der Waals surface area contributed by atoms with Gasteiger partial charge in [-0.3, -0.25) is 19.7 Å². The number of nitrogens with one attached hydrogen (secondary N) is 1. The second kappa shape index (κ2) is 12.4. The van der Waals surface area contributed by atoms with E-state index in [4.69, 9.17) is 9.72 Å². The molecule has 0 bridgehead atoms. The Kier molecular flexibility index (Phi) is 8.64. The molecule has 15 heteroatoms. The topological polar surface area (TPSA) is 135 Å². The number of benzene rings is 1. The maximum atomic E-state index is 14.3. The Hall–Kier alpha value is -4.63. The van der Waals surface area contributed by atoms with Gasteiger partial charge in [-0.15, -0.1) is 0 Å². The SMILES string of the molecule is CC(C)(C)OC(=O)NC(c1ccc(-c2c(CN3C(=O)C4(CCN(S(C)(=O)=O)CC4)c4ccncc43)ncc3ccccc23)cn1)C(F)(F)F. The highest BCUT2D eigenvalue weighted by Gasteiger charge is 2.53. The van der Waals surface area contributed by atoms with Gasteiger partial charge in [-0.1, -0.05) is 30.3 Å². The number of hydrogen-bond acceptors (Lipinski definition) is 8. The molecule has 2 aliphatic rings. The first-order chi connectivity index (χ1) is 23.0. The van der Waals surface area contributed by atoms with Gasteiger partial charge in [0.25, 0.3) is 0 Å². The Morgan fingerprint density at radius 3 is 2.37 bits per heavy atom. The van der Waals surface area contributed by atoms with Crippen LogP contribution in [0.5, 0.6) is 0 Å². The Bertz CT molecular complexity index is 2020. The summed E-state index contributed by atoms with van der Waals surface area (Å²) < 4.78 is 73.2. The Balaban J connectivity index is 1.37. The number of nitrogens with zero attached hydrogens (tertiary/aromatic N) is 5. The lowest BCUT2D eigenvalue weighted by atomic mass is 9.74. The van der Waals surface area contributed by atoms with Crippen molar-refractivity contribution >= 4 is 38.5 Å². The van der Waals surface area contributed by atoms with E-state index in [0.717, 1.165) is 22.6 Å². The van der Waals surface area contributed by atoms with Crippen molar-refractivity contribution in [2.45, 2.75) is 63.4 Å². The summed E-state index contributed by atoms with van der Waals surface area (Å²) in [5.41, 5.74) is 0.488. The number of rotatable bonds is 6. The van der Waals surface area contributed by atoms with Crippen molar-refractivity contribution in [3.05, 3.63) is 84.2 Å². The number of halogens is 3. The van der Waals surface area contributed by atoms with Gasteiger partial charge in [0.15, 0.2) is 6.04 Å². The lowest BCUT2D eigenvalue weighted by molar-refractivity contribution is -0.157. The van der Waals surface area contributed by atoms with E-state index in [1.165, 1.54) is 22.6 Å². The van der Waals surface area contributed by atoms with E-state index in [1.807, 2.05) is 29.6 Å². The van der Waals surface area contributed by atoms with E-state index in [1.54, 1.807) is 50.3 Å². The number of pyridine rings is 3. The van der Waals surface area contributed by atoms with Crippen LogP contribution in [0.15, 0.2) is 67.3 Å². The summed E-state index contributed by atoms with van der Waals surface area (Å²) in [6, 6.07) is 9.43. The summed E-state index contributed by atoms with van der Waals surface area (Å²) in [6.45, 7) is 5.04. The molecular weight excluding hydrogens is 661 g/mol. The van der Waals surface area contributed by atoms with E-state index in [2.05, 4.69) is 9.97 Å². The number of alkyl carbamates (subject to hydrolysis) is 1. The van der Waals surface area contributed by atoms with Crippen molar-refractivity contribution in [3.63, 3.8) is 0 Å². The third-order valence-corrected chi connectivity index (χ3v) is 10.2. The fraction of sp³-hybridized carbons (Fsp3) is 0.382. The van der Waals surface area contributed by atoms with Crippen LogP contribution >= 0.6 is 0 Å². The Labute approximate surface area is 281 Å². The maximum absolute atomic E-state index is 14.3. The smallest absolute Gasteiger partial charge is 0.414 e. The first-order valence-electron chi connectivity index (χ1n) is 15.6. The highest BCUT2D eigenvalue weighted by Crippen LogP contribution is 2.49. The molecule has 1 N–H and O–H groups in total. The fourth-order valence-electron chi connectivity index (χ4n) is 6.60. The number of ether oxygens (including phenoxy) is 1. The summed E-state index contributed by atoms with van der Waals surface area (Å²) >= 11 is 0. The Morgan fingerprint density at radius 2 is 1.73 bits per heavy atom. The standard InChI is InChI=1S/C34H35F3N6O5S/c1-32(2,3)48-31(45)41-29(34(35,36)37)25-10-9-22(18-39-25)28-23-8-6-5-7-21(23)17-40-26(28)20-43-27-19-38-14-11-24(27)33(30(43)44)12-15-42(16-13-33)49(4,46)47/h5-11,14,17-19,29H,12-13,15-16,20H2,1-4H3,(H,41,45). The molecule has 1 spiro atoms. The van der Waals surface area contributed by atoms with E-state index in [0.29, 0.717) is 35.3 Å². The average Bonchev–Trinajstić information content (AvgIpc) is 3.25. The van der Waals surface area contributed by atoms with Crippen LogP contribution in [-0.2, 0) is 31.5 Å². The predicted molar refractivity (Wildman–Crippen MR) is 176 cm³/mol. The first-order valence-corrected chi connectivity index (χ1v) is 17.4. The second-order valence-corrected chi connectivity index (χ2v) is 15.3. The van der Waals surface area contributed by atoms with Crippen molar-refractivity contribution in [2.75, 3.05) is 24.2 Å². The third-order valence-electron chi connectivity index (χ3n) is 8.85. The molecule has 258 valence electrons. The van der Waals surface area contributed by atoms with Gasteiger partial charge in [0.1, 0.15) is 5.60 Å². The minimum Gasteiger partial charge on any atom is -0.444 e. The van der Waals surface area contributed by atoms with E-state index in [9.17, 15) is 31.2 Å². The van der Waals surface area contributed by atoms with Gasteiger partial charge in [0.2, 0.25) is 15.9 Å². The normalized spacial score (nSPS) is 17.3. The molecule has 1 saturated heterocycles. The molecule has 1 fully saturated rings. The van der Waals surface area contributed by atoms with E-state index < -0.39 is 45.0 Å². The molecule has 2 amide bonds. The summed E-state index contributed by atoms with van der Waals surface area (Å²) in [4.78, 5) is 41.3. The molecule has 4 aromatic rings. The molecule has 11 nitrogen and oxygen atoms in total. The van der Waals surface area contributed by atoms with Gasteiger partial charge in [0.05, 0.1) is 41.5 Å². The largest absolute Gasteiger partial charge is 0.444 e. The van der Waals surface area contributed by atoms with Crippen molar-refractivity contribution in [2.24, 2.45) is 0 Å². The summed E-state index contributed by atoms with van der Waals surface area (Å²) in [5.74, 6) is -0.195. The first kappa shape index (κ1) is 34.2. The number of carbonyl (C=O) groups excluding carboxylic acids is 2. The molecule has 1 atom stereocenters. The second-order valence-electron chi connectivity index (χ2n) is 13.3. The van der Waals surface area contributed by atoms with Crippen LogP contribution in [0.3, 0.4) is 0 Å². The molecule has 49 heavy (non-hydrogen) atoms. The number of carbonyl (C=O) groups is 2. The average molecular weight is 697 g/mol. The zero-order chi connectivity index (χ0) is 35.4. The van der Waals surface area contributed by atoms with Gasteiger partial charge in [-0.2, -0.15) is 13.2 Å². The fourth-order valence-corrected chi connectivity index (χ4v) is 7.44. The van der Waals surface area contributed by atoms with Crippen LogP contribution in [0.1, 0.15) is 56.6 Å². The maximum Gasteiger partial charge on any atom is 0.414 e. The molecule has 5 heterocycles. The molecule has 1 aromatic carbocycles. The molecule has 0 aliphatic carbocycles. The number of sulfonamides is 1. The highest BCUT2D eigenvalue weighted by atomic mass is 32.2. The predicted octanol–water partition coefficient (Wildman–Crippen LogP) is 5.66. The zero-order valence-electron chi connectivity index (χ0n) is 27.3. The van der Waals surface area contributed by atoms with Crippen LogP contribution in [-0.4, -0.2) is 70.8 Å². The van der Waals surface area contributed by atoms with E-state index >= 15 is 0 Å². The minimum atomic E-state index is -4.86. The summed E-state index contributed by atoms with van der Waals surface area (Å²) in [7, 11) is -3.43. The number of anilines is 1. The number of hydrogen-bond donors (Lipinski definition) is 1. The third kappa shape index (κ3) is 6.69. The molecule has 3 aromatic heterocycles. The van der Waals surface area contributed by atoms with Crippen LogP contribution in [0.25, 0.3) is 21.9 Å². The summed E-state index contributed by atoms with van der Waals surface area (Å²) in [5, 5.41) is 3.40. The number of piperidine rings is 1. The molecule has 0 saturated carbocycles. The molecule has 1 unspecified atom stereocenters. The molecule has 2 aliphatic heterocycles. The molecule has 6 rings (SSSR count). The minimum absolute atomic E-state index is 0.0162. The van der Waals surface area contributed by atoms with Gasteiger partial charge >= 0.3 is 12.3 Å². The zero-order valence-corrected chi connectivity index (χ0v) is 28.1. The quantitative estimate of drug-likeness (QED) is 0.273. The number of alkyl halides is 3. The van der Waals surface area contributed by atoms with Crippen LogP contribution in [0.4, 0.5) is 23.7 Å². The lowest BCUT2D eigenvalue weighted by Gasteiger charge is -2.37. The number of fused-ring (bicyclic) bond motifs is 3. The van der Waals surface area contributed by atoms with Crippen molar-refractivity contribution in [3.8, 4) is 11.1 Å². The lowest BCUT2D eigenvalue weighted by Crippen LogP contribution is -2.49. The number of amides is 2. The van der Waals surface area contributed by atoms with Gasteiger partial charge < -0.3 is 15.0 Å². The van der Waals surface area contributed by atoms with Gasteiger partial charge in [-0.25, -0.2) is 17.5 Å². The van der Waals surface area contributed by atoms with Crippen LogP contribution in [0.2, 0.25) is 0 Å². The van der Waals surface area contributed by atoms with Crippen molar-refractivity contribution in [1.29, 1.82) is 0 Å². The Morgan fingerprint density at radius 1 is 1.02 bits per heavy atom. The van der Waals surface area contributed by atoms with E-state index in [-0.39, 0.29) is 25.5 Å². The van der Waals surface area contributed by atoms with Gasteiger partial charge in [-0.05, 0) is 56.7 Å². The monoisotopic (exact) mass is 696 g/mol. The van der Waals surface area contributed by atoms with Crippen LogP contribution in [0, 0.1) is 0 Å². The van der Waals surface area contributed by atoms with Crippen LogP contribution < -0.4 is 10.2 Å². The summed E-state index contributed by atoms with van der Waals surface area (Å²) in [6.07, 6.45) is 1.85. The van der Waals surface area contributed by atoms with Crippen molar-refractivity contribution < 1.29 is 35.9 Å². The molecular formula is C34H35F3N6O5S. The van der Waals surface area contributed by atoms with Gasteiger partial charge in [0, 0.05) is 48.2 Å². The number of aromatic nitrogens is 3.